The molecule has 1 rings (SSSR count). The number of nitrogens with zero attached hydrogens (tertiary/aromatic N) is 3. The average molecular weight is 1360 g/mol. The van der Waals surface area contributed by atoms with E-state index < -0.39 is 0 Å². The number of amides is 3. The summed E-state index contributed by atoms with van der Waals surface area (Å²) >= 11 is 5.27. The van der Waals surface area contributed by atoms with E-state index in [0.29, 0.717) is 57.4 Å². The van der Waals surface area contributed by atoms with Gasteiger partial charge in [0, 0.05) is 51.7 Å². The first-order chi connectivity index (χ1) is 42.1. The Morgan fingerprint density at radius 1 is 0.411 bits per heavy atom. The molecule has 1 aliphatic rings. The summed E-state index contributed by atoms with van der Waals surface area (Å²) in [5, 5.41) is 20.2. The number of aliphatic hydroxyl groups is 1. The number of likely N-dealkylation sites (N-methyl/N-ethyl adjacent to an activating group) is 2. The van der Waals surface area contributed by atoms with E-state index in [1.807, 2.05) is 0 Å². The number of unbranched alkanes of at least 4 members (excludes halogenated alkanes) is 42. The van der Waals surface area contributed by atoms with Crippen LogP contribution in [0.5, 0.6) is 0 Å². The number of ether oxygens (including phenoxy) is 1. The Balaban J connectivity index is -0.000000586. The molecule has 1 atom stereocenters. The third kappa shape index (κ3) is 83.5. The van der Waals surface area contributed by atoms with Crippen LogP contribution in [0.15, 0.2) is 0 Å². The SMILES string of the molecule is CCCCCCCCCCCCCCCCCC(=O)NCCCN(C)C.CCCCCCCCCCCCCCCCCC(=O)NCCC[N+](C)(C)CC(O)C[N+](C)(C)CCCNC(=O)CCCCCCCCCCCCCCCCC.Cl.ClCC1CO1.[Cl-].[Cl-]. The minimum absolute atomic E-state index is 0. The van der Waals surface area contributed by atoms with Crippen molar-refractivity contribution in [3.63, 3.8) is 0 Å². The van der Waals surface area contributed by atoms with Crippen molar-refractivity contribution >= 4 is 41.7 Å². The van der Waals surface area contributed by atoms with Crippen molar-refractivity contribution in [1.82, 2.24) is 20.9 Å². The van der Waals surface area contributed by atoms with Crippen LogP contribution in [-0.2, 0) is 19.1 Å². The Morgan fingerprint density at radius 3 is 0.811 bits per heavy atom. The smallest absolute Gasteiger partial charge is 0.219 e. The molecule has 1 saturated heterocycles. The number of halogens is 4. The molecule has 0 aromatic carbocycles. The number of carbonyl (C=O) groups is 3. The number of quaternary nitrogens is 2. The first-order valence-corrected chi connectivity index (χ1v) is 38.6. The molecule has 15 heteroatoms. The number of alkyl halides is 1. The molecule has 1 heterocycles. The Morgan fingerprint density at radius 2 is 0.622 bits per heavy atom. The molecule has 0 radical (unpaired) electrons. The molecule has 0 bridgehead atoms. The molecule has 0 spiro atoms. The van der Waals surface area contributed by atoms with Gasteiger partial charge in [0.2, 0.25) is 17.7 Å². The highest BCUT2D eigenvalue weighted by Crippen LogP contribution is 2.18. The summed E-state index contributed by atoms with van der Waals surface area (Å²) in [6.45, 7) is 14.3. The minimum atomic E-state index is -0.389. The minimum Gasteiger partial charge on any atom is -1.00 e. The van der Waals surface area contributed by atoms with E-state index in [1.165, 1.54) is 257 Å². The van der Waals surface area contributed by atoms with E-state index in [9.17, 15) is 19.5 Å². The van der Waals surface area contributed by atoms with Gasteiger partial charge in [-0.05, 0) is 46.3 Å². The molecule has 0 saturated carbocycles. The first-order valence-electron chi connectivity index (χ1n) is 38.1. The fourth-order valence-corrected chi connectivity index (χ4v) is 12.0. The zero-order valence-corrected chi connectivity index (χ0v) is 64.3. The number of carbonyl (C=O) groups excluding carboxylic acids is 3. The molecule has 0 aromatic heterocycles. The Bertz CT molecular complexity index is 1380. The van der Waals surface area contributed by atoms with Gasteiger partial charge in [-0.3, -0.25) is 14.4 Å². The maximum absolute atomic E-state index is 12.4. The van der Waals surface area contributed by atoms with Crippen LogP contribution >= 0.6 is 24.0 Å². The van der Waals surface area contributed by atoms with Crippen LogP contribution in [0.3, 0.4) is 0 Å². The fourth-order valence-electron chi connectivity index (χ4n) is 11.9. The topological polar surface area (TPSA) is 123 Å². The molecule has 4 N–H and O–H groups in total. The second kappa shape index (κ2) is 75.7. The van der Waals surface area contributed by atoms with Crippen molar-refractivity contribution in [2.24, 2.45) is 0 Å². The van der Waals surface area contributed by atoms with Gasteiger partial charge in [0.1, 0.15) is 13.1 Å². The molecular formula is C75H156Cl4N6O5. The van der Waals surface area contributed by atoms with Crippen LogP contribution in [0.1, 0.15) is 348 Å². The fraction of sp³-hybridized carbons (Fsp3) is 0.960. The van der Waals surface area contributed by atoms with Crippen LogP contribution in [0.4, 0.5) is 0 Å². The van der Waals surface area contributed by atoms with Crippen LogP contribution in [0.2, 0.25) is 0 Å². The van der Waals surface area contributed by atoms with Crippen LogP contribution in [0, 0.1) is 0 Å². The summed E-state index contributed by atoms with van der Waals surface area (Å²) in [5.74, 6) is 1.27. The Hall–Kier alpha value is -0.630. The van der Waals surface area contributed by atoms with Crippen LogP contribution in [-0.4, -0.2) is 156 Å². The van der Waals surface area contributed by atoms with Gasteiger partial charge in [-0.2, -0.15) is 0 Å². The number of aliphatic hydroxyl groups excluding tert-OH is 1. The summed E-state index contributed by atoms with van der Waals surface area (Å²) < 4.78 is 6.21. The molecule has 1 aliphatic heterocycles. The van der Waals surface area contributed by atoms with E-state index >= 15 is 0 Å². The molecule has 0 aromatic rings. The maximum atomic E-state index is 12.4. The van der Waals surface area contributed by atoms with Crippen molar-refractivity contribution in [2.75, 3.05) is 107 Å². The van der Waals surface area contributed by atoms with Gasteiger partial charge in [0.15, 0.2) is 6.10 Å². The highest BCUT2D eigenvalue weighted by Gasteiger charge is 2.27. The van der Waals surface area contributed by atoms with Crippen molar-refractivity contribution in [3.8, 4) is 0 Å². The highest BCUT2D eigenvalue weighted by atomic mass is 35.5. The van der Waals surface area contributed by atoms with Crippen molar-refractivity contribution in [3.05, 3.63) is 0 Å². The first kappa shape index (κ1) is 98.0. The maximum Gasteiger partial charge on any atom is 0.219 e. The summed E-state index contributed by atoms with van der Waals surface area (Å²) in [5.41, 5.74) is 0. The van der Waals surface area contributed by atoms with Gasteiger partial charge in [-0.15, -0.1) is 24.0 Å². The Kier molecular flexibility index (Phi) is 82.5. The molecule has 90 heavy (non-hydrogen) atoms. The highest BCUT2D eigenvalue weighted by molar-refractivity contribution is 6.18. The number of rotatable bonds is 65. The quantitative estimate of drug-likeness (QED) is 0.0208. The van der Waals surface area contributed by atoms with Crippen LogP contribution < -0.4 is 40.8 Å². The van der Waals surface area contributed by atoms with Crippen molar-refractivity contribution in [2.45, 2.75) is 360 Å². The van der Waals surface area contributed by atoms with E-state index in [1.54, 1.807) is 0 Å². The van der Waals surface area contributed by atoms with E-state index in [4.69, 9.17) is 16.3 Å². The zero-order chi connectivity index (χ0) is 64.4. The van der Waals surface area contributed by atoms with Gasteiger partial charge >= 0.3 is 0 Å². The van der Waals surface area contributed by atoms with Gasteiger partial charge in [-0.25, -0.2) is 0 Å². The number of hydrogen-bond acceptors (Lipinski definition) is 6. The molecule has 11 nitrogen and oxygen atoms in total. The lowest BCUT2D eigenvalue weighted by atomic mass is 10.0. The number of epoxide rings is 1. The lowest BCUT2D eigenvalue weighted by Crippen LogP contribution is -3.00. The molecule has 3 amide bonds. The van der Waals surface area contributed by atoms with Gasteiger partial charge in [0.05, 0.1) is 59.9 Å². The lowest BCUT2D eigenvalue weighted by molar-refractivity contribution is -0.914. The molecule has 1 unspecified atom stereocenters. The molecule has 1 fully saturated rings. The summed E-state index contributed by atoms with van der Waals surface area (Å²) in [4.78, 5) is 38.6. The standard InChI is InChI=1S/C49H100N4O3.C23H48N2O.C3H5ClO.3ClH/c1-7-9-11-13-15-17-19-21-23-25-27-29-31-33-35-39-48(55)50-41-37-43-52(3,4)45-47(54)46-53(5,6)44-38-42-51-49(56)40-36-34-32-30-28-26-24-22-20-18-16-14-12-10-8-2;1-4-5-6-7-8-9-10-11-12-13-14-15-16-17-18-20-23(26)24-21-19-22-25(2)3;4-1-3-2-5-3;;;/h47,54H,7-46H2,1-6H3;4-22H2,1-3H3,(H,24,26);3H,1-2H2;3*1H. The van der Waals surface area contributed by atoms with Gasteiger partial charge in [-0.1, -0.05) is 290 Å². The second-order valence-electron chi connectivity index (χ2n) is 28.5. The average Bonchev–Trinajstić information content (AvgIpc) is 2.56. The lowest BCUT2D eigenvalue weighted by Gasteiger charge is -2.36. The third-order valence-electron chi connectivity index (χ3n) is 17.6. The monoisotopic (exact) mass is 1360 g/mol. The largest absolute Gasteiger partial charge is 1.00 e. The summed E-state index contributed by atoms with van der Waals surface area (Å²) in [6, 6.07) is 0. The predicted molar refractivity (Wildman–Crippen MR) is 387 cm³/mol. The summed E-state index contributed by atoms with van der Waals surface area (Å²) in [7, 11) is 12.8. The zero-order valence-electron chi connectivity index (χ0n) is 61.3. The van der Waals surface area contributed by atoms with Crippen molar-refractivity contribution < 1.29 is 58.0 Å². The van der Waals surface area contributed by atoms with E-state index in [2.05, 4.69) is 83.9 Å². The molecular weight excluding hydrogens is 1210 g/mol. The molecule has 0 aliphatic carbocycles. The second-order valence-corrected chi connectivity index (χ2v) is 28.8. The summed E-state index contributed by atoms with van der Waals surface area (Å²) in [6.07, 6.45) is 65.6. The third-order valence-corrected chi connectivity index (χ3v) is 18.0. The molecule has 544 valence electrons. The predicted octanol–water partition coefficient (Wildman–Crippen LogP) is 13.4. The van der Waals surface area contributed by atoms with Gasteiger partial charge in [0.25, 0.3) is 0 Å². The Labute approximate surface area is 584 Å². The van der Waals surface area contributed by atoms with Crippen LogP contribution in [0.25, 0.3) is 0 Å². The van der Waals surface area contributed by atoms with Gasteiger partial charge < -0.3 is 64.5 Å². The van der Waals surface area contributed by atoms with E-state index in [-0.39, 0.29) is 61.0 Å². The number of hydrogen-bond donors (Lipinski definition) is 4. The normalized spacial score (nSPS) is 12.7. The van der Waals surface area contributed by atoms with Crippen molar-refractivity contribution in [1.29, 1.82) is 0 Å². The van der Waals surface area contributed by atoms with E-state index in [0.717, 1.165) is 93.1 Å². The number of nitrogens with one attached hydrogen (secondary N) is 3.